The first-order valence-electron chi connectivity index (χ1n) is 15.4. The van der Waals surface area contributed by atoms with E-state index < -0.39 is 64.8 Å². The van der Waals surface area contributed by atoms with E-state index in [9.17, 15) is 42.3 Å². The SMILES string of the molecule is CCC(=O)NCCN1C(=O)C(C)(C)Oc2cc(C(F)(F)F)c(C(=O)N(C(C)C)[C@@H]3CCCN(C(=O)[C@@H](NC(=O)O)C(C)C)C3)cc21. The molecule has 3 N–H and O–H groups in total. The van der Waals surface area contributed by atoms with Crippen LogP contribution in [0.15, 0.2) is 12.1 Å². The van der Waals surface area contributed by atoms with Gasteiger partial charge in [-0.05, 0) is 58.6 Å². The fraction of sp³-hybridized carbons (Fsp3) is 0.645. The van der Waals surface area contributed by atoms with E-state index in [4.69, 9.17) is 4.74 Å². The molecule has 2 atom stereocenters. The quantitative estimate of drug-likeness (QED) is 0.347. The summed E-state index contributed by atoms with van der Waals surface area (Å²) in [7, 11) is 0. The van der Waals surface area contributed by atoms with E-state index in [0.717, 1.165) is 12.1 Å². The molecular weight excluding hydrogens is 611 g/mol. The second-order valence-electron chi connectivity index (χ2n) is 12.7. The Kier molecular flexibility index (Phi) is 11.2. The van der Waals surface area contributed by atoms with Gasteiger partial charge in [0, 0.05) is 44.7 Å². The van der Waals surface area contributed by atoms with Crippen LogP contribution in [0.5, 0.6) is 5.75 Å². The molecule has 0 aliphatic carbocycles. The van der Waals surface area contributed by atoms with E-state index in [1.165, 1.54) is 28.5 Å². The molecule has 12 nitrogen and oxygen atoms in total. The van der Waals surface area contributed by atoms with Crippen LogP contribution in [0.4, 0.5) is 23.7 Å². The van der Waals surface area contributed by atoms with Gasteiger partial charge in [-0.3, -0.25) is 19.2 Å². The Hall–Kier alpha value is -4.04. The maximum atomic E-state index is 14.6. The fourth-order valence-electron chi connectivity index (χ4n) is 5.87. The Morgan fingerprint density at radius 1 is 1.15 bits per heavy atom. The molecule has 0 aromatic heterocycles. The molecule has 5 amide bonds. The van der Waals surface area contributed by atoms with E-state index in [-0.39, 0.29) is 49.3 Å². The zero-order valence-electron chi connectivity index (χ0n) is 27.3. The summed E-state index contributed by atoms with van der Waals surface area (Å²) < 4.78 is 49.4. The predicted molar refractivity (Wildman–Crippen MR) is 162 cm³/mol. The Morgan fingerprint density at radius 2 is 1.80 bits per heavy atom. The molecule has 46 heavy (non-hydrogen) atoms. The number of benzene rings is 1. The second-order valence-corrected chi connectivity index (χ2v) is 12.7. The van der Waals surface area contributed by atoms with Gasteiger partial charge in [-0.1, -0.05) is 20.8 Å². The molecule has 2 heterocycles. The highest BCUT2D eigenvalue weighted by Gasteiger charge is 2.46. The number of rotatable bonds is 10. The molecule has 2 aliphatic heterocycles. The molecule has 1 aromatic carbocycles. The van der Waals surface area contributed by atoms with Crippen LogP contribution in [0.25, 0.3) is 0 Å². The van der Waals surface area contributed by atoms with E-state index in [1.807, 2.05) is 0 Å². The van der Waals surface area contributed by atoms with Gasteiger partial charge in [-0.15, -0.1) is 0 Å². The lowest BCUT2D eigenvalue weighted by Gasteiger charge is -2.43. The monoisotopic (exact) mass is 655 g/mol. The Labute approximate surface area is 266 Å². The fourth-order valence-corrected chi connectivity index (χ4v) is 5.87. The van der Waals surface area contributed by atoms with E-state index in [1.54, 1.807) is 34.6 Å². The summed E-state index contributed by atoms with van der Waals surface area (Å²) in [6.45, 7) is 11.4. The summed E-state index contributed by atoms with van der Waals surface area (Å²) in [6, 6.07) is -0.542. The van der Waals surface area contributed by atoms with E-state index >= 15 is 0 Å². The number of carboxylic acid groups (broad SMARTS) is 1. The Morgan fingerprint density at radius 3 is 2.35 bits per heavy atom. The van der Waals surface area contributed by atoms with Crippen LogP contribution < -0.4 is 20.3 Å². The van der Waals surface area contributed by atoms with E-state index in [2.05, 4.69) is 10.6 Å². The number of fused-ring (bicyclic) bond motifs is 1. The summed E-state index contributed by atoms with van der Waals surface area (Å²) in [6.07, 6.45) is -5.28. The molecule has 0 spiro atoms. The number of alkyl halides is 3. The molecular formula is C31H44F3N5O7. The van der Waals surface area contributed by atoms with Crippen LogP contribution in [-0.2, 0) is 20.6 Å². The smallest absolute Gasteiger partial charge is 0.417 e. The largest absolute Gasteiger partial charge is 0.476 e. The van der Waals surface area contributed by atoms with Crippen molar-refractivity contribution >= 4 is 35.4 Å². The number of nitrogens with zero attached hydrogens (tertiary/aromatic N) is 3. The number of piperidine rings is 1. The van der Waals surface area contributed by atoms with Gasteiger partial charge in [0.2, 0.25) is 11.8 Å². The molecule has 0 saturated carbocycles. The highest BCUT2D eigenvalue weighted by Crippen LogP contribution is 2.44. The van der Waals surface area contributed by atoms with Gasteiger partial charge in [-0.2, -0.15) is 13.2 Å². The van der Waals surface area contributed by atoms with Gasteiger partial charge >= 0.3 is 12.3 Å². The normalized spacial score (nSPS) is 18.5. The Bertz CT molecular complexity index is 1350. The van der Waals surface area contributed by atoms with Crippen molar-refractivity contribution in [3.05, 3.63) is 23.3 Å². The number of ether oxygens (including phenoxy) is 1. The summed E-state index contributed by atoms with van der Waals surface area (Å²) in [5.41, 5.74) is -3.47. The van der Waals surface area contributed by atoms with Gasteiger partial charge in [0.05, 0.1) is 16.8 Å². The first-order valence-corrected chi connectivity index (χ1v) is 15.4. The third-order valence-electron chi connectivity index (χ3n) is 8.13. The number of amides is 5. The number of anilines is 1. The molecule has 3 rings (SSSR count). The molecule has 1 saturated heterocycles. The average molecular weight is 656 g/mol. The van der Waals surface area contributed by atoms with Crippen LogP contribution in [0, 0.1) is 5.92 Å². The summed E-state index contributed by atoms with van der Waals surface area (Å²) in [4.78, 5) is 68.0. The average Bonchev–Trinajstić information content (AvgIpc) is 2.96. The van der Waals surface area contributed by atoms with Crippen molar-refractivity contribution in [2.24, 2.45) is 5.92 Å². The molecule has 1 fully saturated rings. The number of halogens is 3. The third-order valence-corrected chi connectivity index (χ3v) is 8.13. The number of carbonyl (C=O) groups is 5. The topological polar surface area (TPSA) is 149 Å². The van der Waals surface area contributed by atoms with Crippen molar-refractivity contribution in [3.63, 3.8) is 0 Å². The van der Waals surface area contributed by atoms with Gasteiger partial charge in [0.25, 0.3) is 11.8 Å². The van der Waals surface area contributed by atoms with Crippen molar-refractivity contribution in [2.45, 2.75) is 97.6 Å². The molecule has 0 radical (unpaired) electrons. The zero-order chi connectivity index (χ0) is 34.7. The molecule has 0 bridgehead atoms. The minimum atomic E-state index is -4.96. The number of nitrogens with one attached hydrogen (secondary N) is 2. The van der Waals surface area contributed by atoms with Gasteiger partial charge in [0.15, 0.2) is 5.60 Å². The standard InChI is InChI=1S/C31H44F3N5O7/c1-8-24(40)35-11-13-38-22-14-20(21(31(32,33)34)15-23(22)46-30(6,7)28(38)43)26(41)39(18(4)5)19-10-9-12-37(16-19)27(42)25(17(2)3)36-29(44)45/h14-15,17-19,25,36H,8-13,16H2,1-7H3,(H,35,40)(H,44,45)/t19-,25+/m1/s1. The van der Waals surface area contributed by atoms with Crippen LogP contribution in [0.2, 0.25) is 0 Å². The summed E-state index contributed by atoms with van der Waals surface area (Å²) >= 11 is 0. The lowest BCUT2D eigenvalue weighted by molar-refractivity contribution is -0.138. The van der Waals surface area contributed by atoms with E-state index in [0.29, 0.717) is 19.4 Å². The Balaban J connectivity index is 2.05. The molecule has 2 aliphatic rings. The third kappa shape index (κ3) is 8.02. The van der Waals surface area contributed by atoms with Gasteiger partial charge < -0.3 is 35.2 Å². The van der Waals surface area contributed by atoms with Crippen LogP contribution in [-0.4, -0.2) is 94.5 Å². The molecule has 1 aromatic rings. The lowest BCUT2D eigenvalue weighted by Crippen LogP contribution is -2.58. The number of carbonyl (C=O) groups excluding carboxylic acids is 4. The zero-order valence-corrected chi connectivity index (χ0v) is 27.3. The summed E-state index contributed by atoms with van der Waals surface area (Å²) in [5.74, 6) is -2.84. The van der Waals surface area contributed by atoms with Gasteiger partial charge in [-0.25, -0.2) is 4.79 Å². The van der Waals surface area contributed by atoms with Crippen molar-refractivity contribution in [1.29, 1.82) is 0 Å². The maximum Gasteiger partial charge on any atom is 0.417 e. The number of likely N-dealkylation sites (tertiary alicyclic amines) is 1. The first kappa shape index (κ1) is 36.4. The van der Waals surface area contributed by atoms with Gasteiger partial charge in [0.1, 0.15) is 11.8 Å². The molecule has 15 heteroatoms. The molecule has 256 valence electrons. The van der Waals surface area contributed by atoms with Crippen LogP contribution >= 0.6 is 0 Å². The van der Waals surface area contributed by atoms with Crippen molar-refractivity contribution in [2.75, 3.05) is 31.1 Å². The highest BCUT2D eigenvalue weighted by molar-refractivity contribution is 6.05. The highest BCUT2D eigenvalue weighted by atomic mass is 19.4. The predicted octanol–water partition coefficient (Wildman–Crippen LogP) is 3.87. The van der Waals surface area contributed by atoms with Crippen LogP contribution in [0.1, 0.15) is 83.7 Å². The molecule has 0 unspecified atom stereocenters. The van der Waals surface area contributed by atoms with Crippen molar-refractivity contribution in [3.8, 4) is 5.75 Å². The van der Waals surface area contributed by atoms with Crippen LogP contribution in [0.3, 0.4) is 0 Å². The van der Waals surface area contributed by atoms with Crippen molar-refractivity contribution < 1.29 is 47.0 Å². The first-order chi connectivity index (χ1) is 21.3. The number of hydrogen-bond donors (Lipinski definition) is 3. The minimum Gasteiger partial charge on any atom is -0.476 e. The minimum absolute atomic E-state index is 0.00139. The summed E-state index contributed by atoms with van der Waals surface area (Å²) in [5, 5.41) is 14.1. The maximum absolute atomic E-state index is 14.6. The second kappa shape index (κ2) is 14.2. The van der Waals surface area contributed by atoms with Crippen molar-refractivity contribution in [1.82, 2.24) is 20.4 Å². The lowest BCUT2D eigenvalue weighted by atomic mass is 9.95. The number of hydrogen-bond acceptors (Lipinski definition) is 6.